The highest BCUT2D eigenvalue weighted by Gasteiger charge is 2.04. The summed E-state index contributed by atoms with van der Waals surface area (Å²) in [6.45, 7) is 6.40. The fraction of sp³-hybridized carbons (Fsp3) is 0.350. The summed E-state index contributed by atoms with van der Waals surface area (Å²) in [6, 6.07) is 8.58. The fourth-order valence-corrected chi connectivity index (χ4v) is 3.57. The van der Waals surface area contributed by atoms with Gasteiger partial charge in [0, 0.05) is 43.6 Å². The van der Waals surface area contributed by atoms with Crippen LogP contribution in [0.2, 0.25) is 0 Å². The number of nitrogens with zero attached hydrogens (tertiary/aromatic N) is 4. The predicted molar refractivity (Wildman–Crippen MR) is 126 cm³/mol. The van der Waals surface area contributed by atoms with Gasteiger partial charge in [0.1, 0.15) is 10.8 Å². The quantitative estimate of drug-likeness (QED) is 0.289. The Bertz CT molecular complexity index is 902. The predicted octanol–water partition coefficient (Wildman–Crippen LogP) is 3.74. The highest BCUT2D eigenvalue weighted by molar-refractivity contribution is 14.0. The maximum atomic E-state index is 4.43. The molecule has 0 spiro atoms. The first-order chi connectivity index (χ1) is 13.2. The van der Waals surface area contributed by atoms with Crippen LogP contribution < -0.4 is 10.6 Å². The molecule has 8 heteroatoms. The van der Waals surface area contributed by atoms with E-state index in [2.05, 4.69) is 61.4 Å². The minimum atomic E-state index is 0. The molecule has 28 heavy (non-hydrogen) atoms. The van der Waals surface area contributed by atoms with Gasteiger partial charge in [-0.3, -0.25) is 4.99 Å². The molecule has 1 aromatic carbocycles. The number of benzene rings is 1. The number of hydrogen-bond acceptors (Lipinski definition) is 4. The zero-order valence-corrected chi connectivity index (χ0v) is 19.6. The summed E-state index contributed by atoms with van der Waals surface area (Å²) in [5.41, 5.74) is 2.48. The van der Waals surface area contributed by atoms with E-state index in [0.717, 1.165) is 29.8 Å². The molecule has 0 fully saturated rings. The number of aliphatic imine (C=N–C) groups is 1. The summed E-state index contributed by atoms with van der Waals surface area (Å²) >= 11 is 1.74. The number of hydrogen-bond donors (Lipinski definition) is 2. The summed E-state index contributed by atoms with van der Waals surface area (Å²) in [6.07, 6.45) is 6.82. The molecule has 0 saturated heterocycles. The van der Waals surface area contributed by atoms with Gasteiger partial charge in [0.15, 0.2) is 5.96 Å². The zero-order chi connectivity index (χ0) is 19.1. The van der Waals surface area contributed by atoms with Gasteiger partial charge in [0.2, 0.25) is 0 Å². The summed E-state index contributed by atoms with van der Waals surface area (Å²) in [5.74, 6) is 1.80. The van der Waals surface area contributed by atoms with Crippen molar-refractivity contribution in [1.29, 1.82) is 0 Å². The van der Waals surface area contributed by atoms with Gasteiger partial charge >= 0.3 is 0 Å². The molecule has 150 valence electrons. The third kappa shape index (κ3) is 6.30. The molecule has 0 saturated carbocycles. The van der Waals surface area contributed by atoms with Gasteiger partial charge in [-0.25, -0.2) is 9.97 Å². The Morgan fingerprint density at radius 3 is 2.64 bits per heavy atom. The molecule has 0 bridgehead atoms. The maximum Gasteiger partial charge on any atom is 0.191 e. The molecule has 0 aliphatic heterocycles. The van der Waals surface area contributed by atoms with Crippen molar-refractivity contribution in [3.05, 3.63) is 69.7 Å². The molecule has 0 aliphatic rings. The van der Waals surface area contributed by atoms with Crippen molar-refractivity contribution in [2.75, 3.05) is 7.05 Å². The van der Waals surface area contributed by atoms with E-state index in [9.17, 15) is 0 Å². The standard InChI is InChI=1S/C20H26N6S.HI/c1-4-18-12-23-19(27-18)13-25-20(21-3)24-11-16-6-5-7-17(10-16)14-26-9-8-22-15(26)2;/h5-10,12H,4,11,13-14H2,1-3H3,(H2,21,24,25);1H. The molecule has 0 unspecified atom stereocenters. The lowest BCUT2D eigenvalue weighted by atomic mass is 10.1. The Morgan fingerprint density at radius 2 is 1.96 bits per heavy atom. The molecular weight excluding hydrogens is 483 g/mol. The van der Waals surface area contributed by atoms with Crippen molar-refractivity contribution in [2.24, 2.45) is 4.99 Å². The van der Waals surface area contributed by atoms with E-state index in [-0.39, 0.29) is 24.0 Å². The monoisotopic (exact) mass is 510 g/mol. The van der Waals surface area contributed by atoms with E-state index in [0.29, 0.717) is 13.1 Å². The summed E-state index contributed by atoms with van der Waals surface area (Å²) in [4.78, 5) is 14.3. The van der Waals surface area contributed by atoms with Crippen molar-refractivity contribution in [3.63, 3.8) is 0 Å². The number of aromatic nitrogens is 3. The third-order valence-corrected chi connectivity index (χ3v) is 5.45. The number of aryl methyl sites for hydroxylation is 2. The SMILES string of the molecule is CCc1cnc(CNC(=NC)NCc2cccc(Cn3ccnc3C)c2)s1.I. The average molecular weight is 510 g/mol. The van der Waals surface area contributed by atoms with E-state index in [1.165, 1.54) is 16.0 Å². The highest BCUT2D eigenvalue weighted by Crippen LogP contribution is 2.13. The molecule has 0 amide bonds. The molecule has 2 heterocycles. The second kappa shape index (κ2) is 11.2. The average Bonchev–Trinajstić information content (AvgIpc) is 3.31. The third-order valence-electron chi connectivity index (χ3n) is 4.31. The van der Waals surface area contributed by atoms with Crippen molar-refractivity contribution in [2.45, 2.75) is 39.9 Å². The Hall–Kier alpha value is -1.94. The Labute approximate surface area is 187 Å². The number of rotatable bonds is 7. The highest BCUT2D eigenvalue weighted by atomic mass is 127. The first kappa shape index (κ1) is 22.4. The fourth-order valence-electron chi connectivity index (χ4n) is 2.76. The first-order valence-corrected chi connectivity index (χ1v) is 9.93. The minimum absolute atomic E-state index is 0. The summed E-state index contributed by atoms with van der Waals surface area (Å²) < 4.78 is 2.14. The Balaban J connectivity index is 0.00000280. The van der Waals surface area contributed by atoms with Crippen LogP contribution in [0.15, 0.2) is 47.8 Å². The molecular formula is C20H27IN6S. The maximum absolute atomic E-state index is 4.43. The number of halogens is 1. The van der Waals surface area contributed by atoms with Crippen molar-refractivity contribution >= 4 is 41.3 Å². The van der Waals surface area contributed by atoms with Crippen molar-refractivity contribution in [3.8, 4) is 0 Å². The van der Waals surface area contributed by atoms with Gasteiger partial charge in [-0.1, -0.05) is 31.2 Å². The van der Waals surface area contributed by atoms with Crippen molar-refractivity contribution < 1.29 is 0 Å². The number of imidazole rings is 1. The second-order valence-electron chi connectivity index (χ2n) is 6.28. The Morgan fingerprint density at radius 1 is 1.18 bits per heavy atom. The zero-order valence-electron chi connectivity index (χ0n) is 16.5. The normalized spacial score (nSPS) is 11.2. The van der Waals surface area contributed by atoms with Crippen LogP contribution >= 0.6 is 35.3 Å². The van der Waals surface area contributed by atoms with Crippen LogP contribution in [-0.2, 0) is 26.1 Å². The van der Waals surface area contributed by atoms with Crippen molar-refractivity contribution in [1.82, 2.24) is 25.2 Å². The molecule has 0 atom stereocenters. The van der Waals surface area contributed by atoms with E-state index >= 15 is 0 Å². The first-order valence-electron chi connectivity index (χ1n) is 9.11. The largest absolute Gasteiger partial charge is 0.352 e. The lowest BCUT2D eigenvalue weighted by Crippen LogP contribution is -2.36. The van der Waals surface area contributed by atoms with Gasteiger partial charge in [0.25, 0.3) is 0 Å². The van der Waals surface area contributed by atoms with E-state index in [1.54, 1.807) is 18.4 Å². The number of guanidine groups is 1. The van der Waals surface area contributed by atoms with E-state index < -0.39 is 0 Å². The van der Waals surface area contributed by atoms with E-state index in [1.807, 2.05) is 25.5 Å². The van der Waals surface area contributed by atoms with Crippen LogP contribution in [0.4, 0.5) is 0 Å². The number of thiazole rings is 1. The molecule has 2 aromatic heterocycles. The number of nitrogens with one attached hydrogen (secondary N) is 2. The van der Waals surface area contributed by atoms with Crippen LogP contribution in [0.25, 0.3) is 0 Å². The molecule has 3 aromatic rings. The lowest BCUT2D eigenvalue weighted by molar-refractivity contribution is 0.757. The van der Waals surface area contributed by atoms with E-state index in [4.69, 9.17) is 0 Å². The van der Waals surface area contributed by atoms with Gasteiger partial charge in [-0.2, -0.15) is 0 Å². The molecule has 0 radical (unpaired) electrons. The topological polar surface area (TPSA) is 67.1 Å². The lowest BCUT2D eigenvalue weighted by Gasteiger charge is -2.12. The van der Waals surface area contributed by atoms with Crippen LogP contribution in [0.5, 0.6) is 0 Å². The van der Waals surface area contributed by atoms with Crippen LogP contribution in [0.1, 0.15) is 33.8 Å². The minimum Gasteiger partial charge on any atom is -0.352 e. The smallest absolute Gasteiger partial charge is 0.191 e. The molecule has 0 aliphatic carbocycles. The van der Waals surface area contributed by atoms with Gasteiger partial charge < -0.3 is 15.2 Å². The van der Waals surface area contributed by atoms with Crippen LogP contribution in [0, 0.1) is 6.92 Å². The molecule has 3 rings (SSSR count). The van der Waals surface area contributed by atoms with Crippen LogP contribution in [-0.4, -0.2) is 27.5 Å². The molecule has 6 nitrogen and oxygen atoms in total. The van der Waals surface area contributed by atoms with Gasteiger partial charge in [0.05, 0.1) is 6.54 Å². The van der Waals surface area contributed by atoms with Crippen LogP contribution in [0.3, 0.4) is 0 Å². The Kier molecular flexibility index (Phi) is 8.91. The van der Waals surface area contributed by atoms with Gasteiger partial charge in [-0.05, 0) is 24.5 Å². The second-order valence-corrected chi connectivity index (χ2v) is 7.48. The summed E-state index contributed by atoms with van der Waals surface area (Å²) in [7, 11) is 1.78. The van der Waals surface area contributed by atoms with Gasteiger partial charge in [-0.15, -0.1) is 35.3 Å². The molecule has 2 N–H and O–H groups in total. The summed E-state index contributed by atoms with van der Waals surface area (Å²) in [5, 5.41) is 7.77.